The van der Waals surface area contributed by atoms with Crippen molar-refractivity contribution < 1.29 is 19.6 Å². The molecule has 0 aromatic rings. The van der Waals surface area contributed by atoms with E-state index in [-0.39, 0.29) is 18.4 Å². The van der Waals surface area contributed by atoms with E-state index >= 15 is 0 Å². The van der Waals surface area contributed by atoms with Crippen LogP contribution in [0.1, 0.15) is 53.9 Å². The second-order valence-electron chi connectivity index (χ2n) is 7.48. The van der Waals surface area contributed by atoms with Gasteiger partial charge in [-0.25, -0.2) is 5.06 Å². The first-order chi connectivity index (χ1) is 10.9. The van der Waals surface area contributed by atoms with Crippen LogP contribution >= 0.6 is 0 Å². The smallest absolute Gasteiger partial charge is 0.245 e. The molecule has 2 N–H and O–H groups in total. The summed E-state index contributed by atoms with van der Waals surface area (Å²) in [6.45, 7) is 8.82. The van der Waals surface area contributed by atoms with Crippen LogP contribution in [0.25, 0.3) is 0 Å². The van der Waals surface area contributed by atoms with Crippen LogP contribution < -0.4 is 5.32 Å². The van der Waals surface area contributed by atoms with E-state index in [1.807, 2.05) is 27.7 Å². The number of amides is 3. The number of likely N-dealkylation sites (N-methyl/N-ethyl adjacent to an activating group) is 1. The monoisotopic (exact) mass is 343 g/mol. The van der Waals surface area contributed by atoms with Crippen molar-refractivity contribution in [3.63, 3.8) is 0 Å². The zero-order valence-electron chi connectivity index (χ0n) is 16.0. The number of hydroxylamine groups is 2. The SMILES string of the molecule is CCCC[C@H](CN(O)C(C)=O)C(=O)N[C@H](C(=O)N(C)C)C(C)(C)C. The van der Waals surface area contributed by atoms with Crippen molar-refractivity contribution in [1.29, 1.82) is 0 Å². The van der Waals surface area contributed by atoms with Gasteiger partial charge in [-0.3, -0.25) is 19.6 Å². The maximum Gasteiger partial charge on any atom is 0.245 e. The minimum atomic E-state index is -0.673. The Labute approximate surface area is 145 Å². The van der Waals surface area contributed by atoms with E-state index in [0.717, 1.165) is 12.8 Å². The molecule has 0 radical (unpaired) electrons. The summed E-state index contributed by atoms with van der Waals surface area (Å²) in [6.07, 6.45) is 2.24. The summed E-state index contributed by atoms with van der Waals surface area (Å²) in [5.41, 5.74) is -0.453. The number of nitrogens with one attached hydrogen (secondary N) is 1. The predicted octanol–water partition coefficient (Wildman–Crippen LogP) is 1.65. The molecule has 0 saturated carbocycles. The lowest BCUT2D eigenvalue weighted by Gasteiger charge is -2.33. The molecule has 0 heterocycles. The van der Waals surface area contributed by atoms with E-state index in [0.29, 0.717) is 11.5 Å². The van der Waals surface area contributed by atoms with Crippen LogP contribution in [-0.4, -0.2) is 59.6 Å². The predicted molar refractivity (Wildman–Crippen MR) is 92.3 cm³/mol. The molecular weight excluding hydrogens is 310 g/mol. The first kappa shape index (κ1) is 22.4. The molecule has 0 aromatic heterocycles. The van der Waals surface area contributed by atoms with Gasteiger partial charge < -0.3 is 10.2 Å². The Balaban J connectivity index is 5.22. The highest BCUT2D eigenvalue weighted by molar-refractivity contribution is 5.89. The summed E-state index contributed by atoms with van der Waals surface area (Å²) in [6, 6.07) is -0.673. The minimum Gasteiger partial charge on any atom is -0.347 e. The topological polar surface area (TPSA) is 90.0 Å². The van der Waals surface area contributed by atoms with Gasteiger partial charge in [0.25, 0.3) is 0 Å². The van der Waals surface area contributed by atoms with Gasteiger partial charge in [-0.05, 0) is 11.8 Å². The van der Waals surface area contributed by atoms with Crippen molar-refractivity contribution >= 4 is 17.7 Å². The Morgan fingerprint density at radius 1 is 1.17 bits per heavy atom. The molecule has 0 aromatic carbocycles. The number of carbonyl (C=O) groups excluding carboxylic acids is 3. The molecule has 0 saturated heterocycles. The van der Waals surface area contributed by atoms with E-state index < -0.39 is 23.3 Å². The van der Waals surface area contributed by atoms with Gasteiger partial charge in [-0.1, -0.05) is 40.5 Å². The molecule has 7 heteroatoms. The highest BCUT2D eigenvalue weighted by Crippen LogP contribution is 2.22. The number of unbranched alkanes of at least 4 members (excludes halogenated alkanes) is 1. The van der Waals surface area contributed by atoms with Crippen LogP contribution in [0.5, 0.6) is 0 Å². The van der Waals surface area contributed by atoms with Crippen molar-refractivity contribution in [2.45, 2.75) is 59.9 Å². The van der Waals surface area contributed by atoms with Crippen LogP contribution in [0.4, 0.5) is 0 Å². The van der Waals surface area contributed by atoms with Crippen LogP contribution in [0.2, 0.25) is 0 Å². The molecule has 0 fully saturated rings. The lowest BCUT2D eigenvalue weighted by Crippen LogP contribution is -2.55. The second kappa shape index (κ2) is 9.61. The third-order valence-corrected chi connectivity index (χ3v) is 3.87. The molecule has 0 unspecified atom stereocenters. The molecule has 7 nitrogen and oxygen atoms in total. The van der Waals surface area contributed by atoms with Gasteiger partial charge in [0.2, 0.25) is 17.7 Å². The maximum atomic E-state index is 12.7. The average Bonchev–Trinajstić information content (AvgIpc) is 2.46. The number of nitrogens with zero attached hydrogens (tertiary/aromatic N) is 2. The van der Waals surface area contributed by atoms with E-state index in [4.69, 9.17) is 0 Å². The molecule has 0 spiro atoms. The summed E-state index contributed by atoms with van der Waals surface area (Å²) >= 11 is 0. The van der Waals surface area contributed by atoms with Crippen molar-refractivity contribution in [3.8, 4) is 0 Å². The van der Waals surface area contributed by atoms with Gasteiger partial charge in [0.05, 0.1) is 12.5 Å². The van der Waals surface area contributed by atoms with Crippen LogP contribution in [0.3, 0.4) is 0 Å². The summed E-state index contributed by atoms with van der Waals surface area (Å²) < 4.78 is 0. The lowest BCUT2D eigenvalue weighted by atomic mass is 9.85. The fourth-order valence-electron chi connectivity index (χ4n) is 2.26. The van der Waals surface area contributed by atoms with Gasteiger partial charge in [0, 0.05) is 21.0 Å². The van der Waals surface area contributed by atoms with E-state index in [1.165, 1.54) is 11.8 Å². The summed E-state index contributed by atoms with van der Waals surface area (Å²) in [7, 11) is 3.29. The van der Waals surface area contributed by atoms with Crippen LogP contribution in [0, 0.1) is 11.3 Å². The highest BCUT2D eigenvalue weighted by atomic mass is 16.5. The summed E-state index contributed by atoms with van der Waals surface area (Å²) in [5.74, 6) is -1.57. The molecular formula is C17H33N3O4. The second-order valence-corrected chi connectivity index (χ2v) is 7.48. The van der Waals surface area contributed by atoms with Crippen molar-refractivity contribution in [1.82, 2.24) is 15.3 Å². The maximum absolute atomic E-state index is 12.7. The zero-order valence-corrected chi connectivity index (χ0v) is 16.0. The third kappa shape index (κ3) is 7.29. The first-order valence-corrected chi connectivity index (χ1v) is 8.40. The lowest BCUT2D eigenvalue weighted by molar-refractivity contribution is -0.167. The summed E-state index contributed by atoms with van der Waals surface area (Å²) in [5, 5.41) is 13.0. The zero-order chi connectivity index (χ0) is 19.1. The normalized spacial score (nSPS) is 13.8. The number of hydrogen-bond donors (Lipinski definition) is 2. The highest BCUT2D eigenvalue weighted by Gasteiger charge is 2.35. The molecule has 0 aliphatic heterocycles. The van der Waals surface area contributed by atoms with Crippen LogP contribution in [0.15, 0.2) is 0 Å². The van der Waals surface area contributed by atoms with E-state index in [1.54, 1.807) is 14.1 Å². The number of carbonyl (C=O) groups is 3. The van der Waals surface area contributed by atoms with Crippen molar-refractivity contribution in [2.75, 3.05) is 20.6 Å². The van der Waals surface area contributed by atoms with Gasteiger partial charge in [-0.2, -0.15) is 0 Å². The van der Waals surface area contributed by atoms with Crippen LogP contribution in [-0.2, 0) is 14.4 Å². The Hall–Kier alpha value is -1.63. The average molecular weight is 343 g/mol. The quantitative estimate of drug-likeness (QED) is 0.518. The Bertz CT molecular complexity index is 444. The molecule has 0 rings (SSSR count). The molecule has 3 amide bonds. The van der Waals surface area contributed by atoms with Gasteiger partial charge in [0.1, 0.15) is 6.04 Å². The van der Waals surface area contributed by atoms with Gasteiger partial charge in [0.15, 0.2) is 0 Å². The molecule has 0 aliphatic rings. The molecule has 24 heavy (non-hydrogen) atoms. The van der Waals surface area contributed by atoms with Crippen molar-refractivity contribution in [3.05, 3.63) is 0 Å². The third-order valence-electron chi connectivity index (χ3n) is 3.87. The first-order valence-electron chi connectivity index (χ1n) is 8.40. The summed E-state index contributed by atoms with van der Waals surface area (Å²) in [4.78, 5) is 37.7. The molecule has 0 aliphatic carbocycles. The molecule has 140 valence electrons. The number of rotatable bonds is 8. The van der Waals surface area contributed by atoms with Gasteiger partial charge >= 0.3 is 0 Å². The van der Waals surface area contributed by atoms with E-state index in [9.17, 15) is 19.6 Å². The Kier molecular flexibility index (Phi) is 8.96. The molecule has 2 atom stereocenters. The molecule has 0 bridgehead atoms. The van der Waals surface area contributed by atoms with Gasteiger partial charge in [-0.15, -0.1) is 0 Å². The van der Waals surface area contributed by atoms with E-state index in [2.05, 4.69) is 5.32 Å². The minimum absolute atomic E-state index is 0.0752. The fraction of sp³-hybridized carbons (Fsp3) is 0.824. The Morgan fingerprint density at radius 2 is 1.71 bits per heavy atom. The number of hydrogen-bond acceptors (Lipinski definition) is 4. The largest absolute Gasteiger partial charge is 0.347 e. The van der Waals surface area contributed by atoms with Crippen molar-refractivity contribution in [2.24, 2.45) is 11.3 Å². The fourth-order valence-corrected chi connectivity index (χ4v) is 2.26. The standard InChI is InChI=1S/C17H33N3O4/c1-8-9-10-13(11-20(24)12(2)21)15(22)18-14(17(3,4)5)16(23)19(6)7/h13-14,24H,8-11H2,1-7H3,(H,18,22)/t13-,14-/m1/s1. The Morgan fingerprint density at radius 3 is 2.08 bits per heavy atom.